The van der Waals surface area contributed by atoms with Gasteiger partial charge in [-0.25, -0.2) is 4.79 Å². The fourth-order valence-corrected chi connectivity index (χ4v) is 2.63. The van der Waals surface area contributed by atoms with Crippen LogP contribution >= 0.6 is 0 Å². The molecule has 0 saturated heterocycles. The largest absolute Gasteiger partial charge is 0.409 e. The number of amidine groups is 1. The van der Waals surface area contributed by atoms with Gasteiger partial charge in [-0.3, -0.25) is 0 Å². The zero-order chi connectivity index (χ0) is 14.3. The molecule has 1 saturated carbocycles. The molecule has 0 heterocycles. The summed E-state index contributed by atoms with van der Waals surface area (Å²) in [4.78, 5) is 12.1. The zero-order valence-corrected chi connectivity index (χ0v) is 11.9. The third-order valence-corrected chi connectivity index (χ3v) is 4.10. The fraction of sp³-hybridized carbons (Fsp3) is 0.846. The highest BCUT2D eigenvalue weighted by atomic mass is 16.4. The highest BCUT2D eigenvalue weighted by Gasteiger charge is 2.33. The van der Waals surface area contributed by atoms with Crippen molar-refractivity contribution in [2.75, 3.05) is 0 Å². The molecule has 2 amide bonds. The maximum atomic E-state index is 12.1. The summed E-state index contributed by atoms with van der Waals surface area (Å²) in [5, 5.41) is 17.8. The van der Waals surface area contributed by atoms with Gasteiger partial charge in [0.05, 0.1) is 0 Å². The minimum atomic E-state index is -0.770. The Morgan fingerprint density at radius 2 is 1.89 bits per heavy atom. The molecule has 1 fully saturated rings. The number of hydrogen-bond acceptors (Lipinski definition) is 3. The molecule has 19 heavy (non-hydrogen) atoms. The van der Waals surface area contributed by atoms with Crippen molar-refractivity contribution in [1.29, 1.82) is 0 Å². The van der Waals surface area contributed by atoms with Crippen molar-refractivity contribution in [3.05, 3.63) is 0 Å². The third kappa shape index (κ3) is 4.01. The number of rotatable bonds is 5. The van der Waals surface area contributed by atoms with Crippen molar-refractivity contribution in [3.8, 4) is 0 Å². The number of hydrogen-bond donors (Lipinski definition) is 4. The summed E-state index contributed by atoms with van der Waals surface area (Å²) >= 11 is 0. The van der Waals surface area contributed by atoms with Crippen molar-refractivity contribution in [1.82, 2.24) is 10.6 Å². The van der Waals surface area contributed by atoms with Crippen molar-refractivity contribution >= 4 is 11.9 Å². The SMILES string of the molecule is CCC(CC)(NC(=O)NC1CCCCC1)/C(N)=N/O. The molecule has 0 aliphatic heterocycles. The molecule has 0 aromatic heterocycles. The molecular formula is C13H26N4O2. The number of amides is 2. The monoisotopic (exact) mass is 270 g/mol. The van der Waals surface area contributed by atoms with E-state index in [1.54, 1.807) is 0 Å². The van der Waals surface area contributed by atoms with E-state index in [1.165, 1.54) is 6.42 Å². The lowest BCUT2D eigenvalue weighted by Crippen LogP contribution is -2.60. The molecular weight excluding hydrogens is 244 g/mol. The van der Waals surface area contributed by atoms with Gasteiger partial charge in [0.15, 0.2) is 5.84 Å². The van der Waals surface area contributed by atoms with Crippen LogP contribution in [0.3, 0.4) is 0 Å². The van der Waals surface area contributed by atoms with E-state index in [9.17, 15) is 4.79 Å². The van der Waals surface area contributed by atoms with Crippen molar-refractivity contribution < 1.29 is 10.0 Å². The Morgan fingerprint density at radius 1 is 1.32 bits per heavy atom. The summed E-state index contributed by atoms with van der Waals surface area (Å²) in [6, 6.07) is 0.00894. The number of nitrogens with two attached hydrogens (primary N) is 1. The van der Waals surface area contributed by atoms with Crippen LogP contribution in [0, 0.1) is 0 Å². The normalized spacial score (nSPS) is 18.1. The standard InChI is InChI=1S/C13H26N4O2/c1-3-13(4-2,11(14)17-19)16-12(18)15-10-8-6-5-7-9-10/h10,19H,3-9H2,1-2H3,(H2,14,17)(H2,15,16,18). The Hall–Kier alpha value is -1.46. The van der Waals surface area contributed by atoms with Gasteiger partial charge in [0, 0.05) is 6.04 Å². The highest BCUT2D eigenvalue weighted by Crippen LogP contribution is 2.18. The van der Waals surface area contributed by atoms with Crippen LogP contribution in [0.2, 0.25) is 0 Å². The number of oxime groups is 1. The zero-order valence-electron chi connectivity index (χ0n) is 11.9. The molecule has 6 heteroatoms. The van der Waals surface area contributed by atoms with Gasteiger partial charge < -0.3 is 21.6 Å². The highest BCUT2D eigenvalue weighted by molar-refractivity contribution is 5.93. The molecule has 5 N–H and O–H groups in total. The number of nitrogens with zero attached hydrogens (tertiary/aromatic N) is 1. The van der Waals surface area contributed by atoms with Crippen LogP contribution in [0.1, 0.15) is 58.8 Å². The second kappa shape index (κ2) is 7.21. The average Bonchev–Trinajstić information content (AvgIpc) is 2.45. The molecule has 1 rings (SSSR count). The molecule has 0 atom stereocenters. The Morgan fingerprint density at radius 3 is 2.37 bits per heavy atom. The van der Waals surface area contributed by atoms with Crippen LogP contribution in [0.25, 0.3) is 0 Å². The second-order valence-corrected chi connectivity index (χ2v) is 5.21. The number of carbonyl (C=O) groups is 1. The van der Waals surface area contributed by atoms with Crippen LogP contribution in [-0.2, 0) is 0 Å². The van der Waals surface area contributed by atoms with Gasteiger partial charge >= 0.3 is 6.03 Å². The van der Waals surface area contributed by atoms with E-state index in [-0.39, 0.29) is 17.9 Å². The van der Waals surface area contributed by atoms with Crippen LogP contribution in [0.4, 0.5) is 4.79 Å². The van der Waals surface area contributed by atoms with Gasteiger partial charge in [0.2, 0.25) is 0 Å². The van der Waals surface area contributed by atoms with E-state index in [0.29, 0.717) is 12.8 Å². The van der Waals surface area contributed by atoms with E-state index in [2.05, 4.69) is 15.8 Å². The Labute approximate surface area is 114 Å². The first-order valence-corrected chi connectivity index (χ1v) is 7.14. The third-order valence-electron chi connectivity index (χ3n) is 4.10. The summed E-state index contributed by atoms with van der Waals surface area (Å²) < 4.78 is 0. The molecule has 0 spiro atoms. The second-order valence-electron chi connectivity index (χ2n) is 5.21. The topological polar surface area (TPSA) is 99.7 Å². The van der Waals surface area contributed by atoms with Crippen LogP contribution in [-0.4, -0.2) is 28.7 Å². The minimum absolute atomic E-state index is 0.0521. The number of carbonyl (C=O) groups excluding carboxylic acids is 1. The maximum absolute atomic E-state index is 12.1. The first-order chi connectivity index (χ1) is 9.07. The van der Waals surface area contributed by atoms with Gasteiger partial charge in [-0.2, -0.15) is 0 Å². The summed E-state index contributed by atoms with van der Waals surface area (Å²) in [7, 11) is 0. The smallest absolute Gasteiger partial charge is 0.315 e. The van der Waals surface area contributed by atoms with E-state index in [0.717, 1.165) is 25.7 Å². The molecule has 0 radical (unpaired) electrons. The maximum Gasteiger partial charge on any atom is 0.315 e. The van der Waals surface area contributed by atoms with Crippen molar-refractivity contribution in [3.63, 3.8) is 0 Å². The lowest BCUT2D eigenvalue weighted by atomic mass is 9.91. The van der Waals surface area contributed by atoms with Gasteiger partial charge in [0.25, 0.3) is 0 Å². The summed E-state index contributed by atoms with van der Waals surface area (Å²) in [6.07, 6.45) is 6.80. The summed E-state index contributed by atoms with van der Waals surface area (Å²) in [6.45, 7) is 3.81. The first-order valence-electron chi connectivity index (χ1n) is 7.14. The molecule has 0 aromatic rings. The first kappa shape index (κ1) is 15.6. The molecule has 0 bridgehead atoms. The fourth-order valence-electron chi connectivity index (χ4n) is 2.63. The van der Waals surface area contributed by atoms with Crippen molar-refractivity contribution in [2.24, 2.45) is 10.9 Å². The lowest BCUT2D eigenvalue weighted by Gasteiger charge is -2.32. The van der Waals surface area contributed by atoms with Crippen LogP contribution in [0.5, 0.6) is 0 Å². The van der Waals surface area contributed by atoms with Gasteiger partial charge in [0.1, 0.15) is 5.54 Å². The van der Waals surface area contributed by atoms with Gasteiger partial charge in [-0.05, 0) is 25.7 Å². The molecule has 6 nitrogen and oxygen atoms in total. The Balaban J connectivity index is 2.60. The van der Waals surface area contributed by atoms with E-state index >= 15 is 0 Å². The molecule has 1 aliphatic rings. The van der Waals surface area contributed by atoms with Crippen molar-refractivity contribution in [2.45, 2.75) is 70.4 Å². The van der Waals surface area contributed by atoms with Crippen LogP contribution in [0.15, 0.2) is 5.16 Å². The summed E-state index contributed by atoms with van der Waals surface area (Å²) in [5.74, 6) is 0.0521. The van der Waals surface area contributed by atoms with Crippen LogP contribution < -0.4 is 16.4 Å². The Bertz CT molecular complexity index is 321. The molecule has 0 aromatic carbocycles. The van der Waals surface area contributed by atoms with Gasteiger partial charge in [-0.15, -0.1) is 0 Å². The molecule has 0 unspecified atom stereocenters. The average molecular weight is 270 g/mol. The van der Waals surface area contributed by atoms with E-state index in [4.69, 9.17) is 10.9 Å². The quantitative estimate of drug-likeness (QED) is 0.266. The van der Waals surface area contributed by atoms with Gasteiger partial charge in [-0.1, -0.05) is 38.3 Å². The molecule has 110 valence electrons. The van der Waals surface area contributed by atoms with E-state index < -0.39 is 5.54 Å². The number of nitrogens with one attached hydrogen (secondary N) is 2. The summed E-state index contributed by atoms with van der Waals surface area (Å²) in [5.41, 5.74) is 4.94. The lowest BCUT2D eigenvalue weighted by molar-refractivity contribution is 0.222. The van der Waals surface area contributed by atoms with E-state index in [1.807, 2.05) is 13.8 Å². The minimum Gasteiger partial charge on any atom is -0.409 e. The predicted molar refractivity (Wildman–Crippen MR) is 75.3 cm³/mol. The Kier molecular flexibility index (Phi) is 5.92. The number of urea groups is 1. The molecule has 1 aliphatic carbocycles. The predicted octanol–water partition coefficient (Wildman–Crippen LogP) is 1.92.